The second-order valence-corrected chi connectivity index (χ2v) is 4.21. The van der Waals surface area contributed by atoms with Gasteiger partial charge in [-0.25, -0.2) is 0 Å². The molecule has 2 heterocycles. The van der Waals surface area contributed by atoms with Crippen molar-refractivity contribution in [2.75, 3.05) is 6.54 Å². The van der Waals surface area contributed by atoms with Crippen molar-refractivity contribution >= 4 is 5.91 Å². The molecular formula is C12H18N2O2. The van der Waals surface area contributed by atoms with Gasteiger partial charge in [0, 0.05) is 12.1 Å². The van der Waals surface area contributed by atoms with Crippen LogP contribution in [0.15, 0.2) is 23.0 Å². The predicted octanol–water partition coefficient (Wildman–Crippen LogP) is 1.43. The van der Waals surface area contributed by atoms with Gasteiger partial charge in [0.15, 0.2) is 0 Å². The van der Waals surface area contributed by atoms with Crippen LogP contribution in [0, 0.1) is 0 Å². The van der Waals surface area contributed by atoms with Crippen LogP contribution < -0.4 is 10.6 Å². The molecule has 1 aromatic rings. The highest BCUT2D eigenvalue weighted by molar-refractivity contribution is 5.81. The van der Waals surface area contributed by atoms with Crippen LogP contribution in [0.2, 0.25) is 0 Å². The quantitative estimate of drug-likeness (QED) is 0.813. The van der Waals surface area contributed by atoms with E-state index in [1.165, 1.54) is 12.8 Å². The molecule has 2 N–H and O–H groups in total. The molecule has 0 bridgehead atoms. The first-order valence-electron chi connectivity index (χ1n) is 5.88. The minimum absolute atomic E-state index is 0.0191. The average Bonchev–Trinajstić information content (AvgIpc) is 2.66. The number of nitrogens with one attached hydrogen (secondary N) is 2. The van der Waals surface area contributed by atoms with Crippen molar-refractivity contribution in [1.29, 1.82) is 0 Å². The second kappa shape index (κ2) is 5.70. The standard InChI is InChI=1S/C12H18N2O2/c15-12(11-4-2-1-3-6-13-11)14-8-10-5-7-16-9-10/h5,7,9,11,13H,1-4,6,8H2,(H,14,15). The molecule has 0 aromatic carbocycles. The summed E-state index contributed by atoms with van der Waals surface area (Å²) < 4.78 is 4.95. The van der Waals surface area contributed by atoms with Gasteiger partial charge in [0.2, 0.25) is 5.91 Å². The lowest BCUT2D eigenvalue weighted by molar-refractivity contribution is -0.123. The first-order chi connectivity index (χ1) is 7.86. The van der Waals surface area contributed by atoms with E-state index in [1.54, 1.807) is 12.5 Å². The number of rotatable bonds is 3. The summed E-state index contributed by atoms with van der Waals surface area (Å²) in [7, 11) is 0. The Morgan fingerprint density at radius 1 is 1.50 bits per heavy atom. The van der Waals surface area contributed by atoms with E-state index in [1.807, 2.05) is 6.07 Å². The molecule has 4 nitrogen and oxygen atoms in total. The molecule has 16 heavy (non-hydrogen) atoms. The van der Waals surface area contributed by atoms with Crippen LogP contribution in [0.5, 0.6) is 0 Å². The SMILES string of the molecule is O=C(NCc1ccoc1)C1CCCCCN1. The highest BCUT2D eigenvalue weighted by Crippen LogP contribution is 2.08. The zero-order chi connectivity index (χ0) is 11.2. The Bertz CT molecular complexity index is 314. The molecule has 0 aliphatic carbocycles. The third-order valence-corrected chi connectivity index (χ3v) is 2.92. The lowest BCUT2D eigenvalue weighted by atomic mass is 10.1. The smallest absolute Gasteiger partial charge is 0.237 e. The molecule has 1 aliphatic rings. The zero-order valence-electron chi connectivity index (χ0n) is 9.37. The molecule has 1 atom stereocenters. The Morgan fingerprint density at radius 2 is 2.44 bits per heavy atom. The van der Waals surface area contributed by atoms with E-state index in [0.29, 0.717) is 6.54 Å². The van der Waals surface area contributed by atoms with Crippen molar-refractivity contribution in [3.63, 3.8) is 0 Å². The fraction of sp³-hybridized carbons (Fsp3) is 0.583. The summed E-state index contributed by atoms with van der Waals surface area (Å²) in [5.74, 6) is 0.100. The third kappa shape index (κ3) is 3.10. The Morgan fingerprint density at radius 3 is 3.25 bits per heavy atom. The molecule has 4 heteroatoms. The molecule has 0 spiro atoms. The minimum atomic E-state index is -0.0191. The first-order valence-corrected chi connectivity index (χ1v) is 5.88. The van der Waals surface area contributed by atoms with Gasteiger partial charge in [-0.2, -0.15) is 0 Å². The van der Waals surface area contributed by atoms with Crippen LogP contribution in [0.4, 0.5) is 0 Å². The van der Waals surface area contributed by atoms with Crippen molar-refractivity contribution in [3.05, 3.63) is 24.2 Å². The van der Waals surface area contributed by atoms with Gasteiger partial charge in [-0.15, -0.1) is 0 Å². The second-order valence-electron chi connectivity index (χ2n) is 4.21. The first kappa shape index (κ1) is 11.2. The lowest BCUT2D eigenvalue weighted by Crippen LogP contribution is -2.43. The van der Waals surface area contributed by atoms with E-state index in [-0.39, 0.29) is 11.9 Å². The van der Waals surface area contributed by atoms with Crippen molar-refractivity contribution in [3.8, 4) is 0 Å². The number of carbonyl (C=O) groups is 1. The predicted molar refractivity (Wildman–Crippen MR) is 60.8 cm³/mol. The van der Waals surface area contributed by atoms with Gasteiger partial charge in [-0.1, -0.05) is 12.8 Å². The van der Waals surface area contributed by atoms with E-state index in [2.05, 4.69) is 10.6 Å². The Hall–Kier alpha value is -1.29. The van der Waals surface area contributed by atoms with Crippen molar-refractivity contribution in [2.24, 2.45) is 0 Å². The van der Waals surface area contributed by atoms with E-state index in [9.17, 15) is 4.79 Å². The Balaban J connectivity index is 1.78. The van der Waals surface area contributed by atoms with Crippen molar-refractivity contribution < 1.29 is 9.21 Å². The zero-order valence-corrected chi connectivity index (χ0v) is 9.37. The van der Waals surface area contributed by atoms with Gasteiger partial charge in [0.25, 0.3) is 0 Å². The molecule has 1 amide bonds. The van der Waals surface area contributed by atoms with Crippen LogP contribution in [0.3, 0.4) is 0 Å². The molecule has 1 aliphatic heterocycles. The van der Waals surface area contributed by atoms with Gasteiger partial charge in [0.05, 0.1) is 18.6 Å². The van der Waals surface area contributed by atoms with Gasteiger partial charge in [-0.05, 0) is 25.5 Å². The van der Waals surface area contributed by atoms with Crippen LogP contribution in [0.1, 0.15) is 31.2 Å². The lowest BCUT2D eigenvalue weighted by Gasteiger charge is -2.14. The third-order valence-electron chi connectivity index (χ3n) is 2.92. The molecule has 1 aromatic heterocycles. The summed E-state index contributed by atoms with van der Waals surface area (Å²) in [6, 6.07) is 1.84. The van der Waals surface area contributed by atoms with E-state index >= 15 is 0 Å². The molecule has 1 fully saturated rings. The van der Waals surface area contributed by atoms with Crippen LogP contribution in [-0.2, 0) is 11.3 Å². The highest BCUT2D eigenvalue weighted by Gasteiger charge is 2.18. The average molecular weight is 222 g/mol. The van der Waals surface area contributed by atoms with E-state index in [0.717, 1.165) is 24.9 Å². The normalized spacial score (nSPS) is 21.4. The van der Waals surface area contributed by atoms with Crippen LogP contribution in [-0.4, -0.2) is 18.5 Å². The van der Waals surface area contributed by atoms with Gasteiger partial charge in [0.1, 0.15) is 0 Å². The summed E-state index contributed by atoms with van der Waals surface area (Å²) in [5.41, 5.74) is 1.00. The summed E-state index contributed by atoms with van der Waals surface area (Å²) in [6.07, 6.45) is 7.74. The molecule has 2 rings (SSSR count). The number of hydrogen-bond acceptors (Lipinski definition) is 3. The fourth-order valence-corrected chi connectivity index (χ4v) is 1.96. The van der Waals surface area contributed by atoms with Gasteiger partial charge in [-0.3, -0.25) is 4.79 Å². The summed E-state index contributed by atoms with van der Waals surface area (Å²) in [5, 5.41) is 6.20. The Labute approximate surface area is 95.4 Å². The maximum Gasteiger partial charge on any atom is 0.237 e. The molecule has 0 saturated carbocycles. The van der Waals surface area contributed by atoms with E-state index < -0.39 is 0 Å². The fourth-order valence-electron chi connectivity index (χ4n) is 1.96. The minimum Gasteiger partial charge on any atom is -0.472 e. The molecule has 1 saturated heterocycles. The number of carbonyl (C=O) groups excluding carboxylic acids is 1. The number of furan rings is 1. The molecule has 0 radical (unpaired) electrons. The molecule has 88 valence electrons. The summed E-state index contributed by atoms with van der Waals surface area (Å²) >= 11 is 0. The van der Waals surface area contributed by atoms with Gasteiger partial charge >= 0.3 is 0 Å². The van der Waals surface area contributed by atoms with Crippen LogP contribution in [0.25, 0.3) is 0 Å². The highest BCUT2D eigenvalue weighted by atomic mass is 16.3. The van der Waals surface area contributed by atoms with E-state index in [4.69, 9.17) is 4.42 Å². The number of amides is 1. The molecular weight excluding hydrogens is 204 g/mol. The topological polar surface area (TPSA) is 54.3 Å². The molecule has 1 unspecified atom stereocenters. The Kier molecular flexibility index (Phi) is 3.99. The van der Waals surface area contributed by atoms with Crippen LogP contribution >= 0.6 is 0 Å². The maximum atomic E-state index is 11.8. The summed E-state index contributed by atoms with van der Waals surface area (Å²) in [4.78, 5) is 11.8. The summed E-state index contributed by atoms with van der Waals surface area (Å²) in [6.45, 7) is 1.50. The van der Waals surface area contributed by atoms with Crippen molar-refractivity contribution in [2.45, 2.75) is 38.3 Å². The van der Waals surface area contributed by atoms with Crippen molar-refractivity contribution in [1.82, 2.24) is 10.6 Å². The number of hydrogen-bond donors (Lipinski definition) is 2. The largest absolute Gasteiger partial charge is 0.472 e. The monoisotopic (exact) mass is 222 g/mol. The van der Waals surface area contributed by atoms with Gasteiger partial charge < -0.3 is 15.1 Å². The maximum absolute atomic E-state index is 11.8.